The van der Waals surface area contributed by atoms with Crippen LogP contribution in [0.15, 0.2) is 0 Å². The Morgan fingerprint density at radius 3 is 2.65 bits per heavy atom. The zero-order valence-corrected chi connectivity index (χ0v) is 14.0. The van der Waals surface area contributed by atoms with E-state index in [0.717, 1.165) is 31.9 Å². The molecule has 1 aliphatic rings. The lowest BCUT2D eigenvalue weighted by Crippen LogP contribution is -2.41. The van der Waals surface area contributed by atoms with Crippen LogP contribution in [0.1, 0.15) is 66.7 Å². The molecule has 116 valence electrons. The highest BCUT2D eigenvalue weighted by Crippen LogP contribution is 2.39. The molecule has 1 N–H and O–H groups in total. The van der Waals surface area contributed by atoms with Crippen LogP contribution in [-0.2, 0) is 4.74 Å². The van der Waals surface area contributed by atoms with Gasteiger partial charge in [-0.05, 0) is 56.9 Å². The van der Waals surface area contributed by atoms with E-state index in [-0.39, 0.29) is 0 Å². The number of nitrogens with one attached hydrogen (secondary N) is 1. The summed E-state index contributed by atoms with van der Waals surface area (Å²) in [6, 6.07) is 2.37. The number of ether oxygens (including phenoxy) is 1. The first-order valence-corrected chi connectivity index (χ1v) is 8.08. The van der Waals surface area contributed by atoms with Crippen molar-refractivity contribution in [2.75, 3.05) is 13.2 Å². The summed E-state index contributed by atoms with van der Waals surface area (Å²) in [5, 5.41) is 12.5. The summed E-state index contributed by atoms with van der Waals surface area (Å²) in [5.74, 6) is 0.759. The molecule has 1 saturated carbocycles. The van der Waals surface area contributed by atoms with E-state index in [1.165, 1.54) is 19.3 Å². The highest BCUT2D eigenvalue weighted by molar-refractivity contribution is 5.03. The van der Waals surface area contributed by atoms with Crippen LogP contribution in [0.25, 0.3) is 0 Å². The fourth-order valence-electron chi connectivity index (χ4n) is 3.64. The van der Waals surface area contributed by atoms with Crippen LogP contribution in [0.3, 0.4) is 0 Å². The Morgan fingerprint density at radius 2 is 2.10 bits per heavy atom. The molecule has 0 aliphatic heterocycles. The molecule has 0 spiro atoms. The van der Waals surface area contributed by atoms with E-state index in [9.17, 15) is 5.26 Å². The molecule has 0 aromatic rings. The molecule has 1 fully saturated rings. The third-order valence-electron chi connectivity index (χ3n) is 4.33. The summed E-state index contributed by atoms with van der Waals surface area (Å²) < 4.78 is 6.07. The molecule has 20 heavy (non-hydrogen) atoms. The van der Waals surface area contributed by atoms with E-state index >= 15 is 0 Å². The molecule has 0 aromatic carbocycles. The van der Waals surface area contributed by atoms with Crippen LogP contribution in [0.2, 0.25) is 0 Å². The van der Waals surface area contributed by atoms with Crippen molar-refractivity contribution in [3.63, 3.8) is 0 Å². The first-order valence-electron chi connectivity index (χ1n) is 8.08. The van der Waals surface area contributed by atoms with Crippen LogP contribution in [0, 0.1) is 22.7 Å². The average molecular weight is 280 g/mol. The third kappa shape index (κ3) is 5.81. The maximum atomic E-state index is 9.21. The molecule has 1 rings (SSSR count). The first-order chi connectivity index (χ1) is 9.30. The maximum Gasteiger partial charge on any atom is 0.104 e. The Kier molecular flexibility index (Phi) is 6.48. The van der Waals surface area contributed by atoms with Crippen molar-refractivity contribution in [2.45, 2.75) is 78.4 Å². The van der Waals surface area contributed by atoms with Crippen molar-refractivity contribution in [2.24, 2.45) is 11.3 Å². The summed E-state index contributed by atoms with van der Waals surface area (Å²) in [6.45, 7) is 12.6. The van der Waals surface area contributed by atoms with Gasteiger partial charge in [-0.3, -0.25) is 5.32 Å². The average Bonchev–Trinajstić information content (AvgIpc) is 2.33. The smallest absolute Gasteiger partial charge is 0.104 e. The minimum atomic E-state index is -0.406. The molecule has 0 bridgehead atoms. The SMILES string of the molecule is CCNC(C)(C#N)CCCOC1CC(C)CC(C)(C)C1. The lowest BCUT2D eigenvalue weighted by Gasteiger charge is -2.38. The normalized spacial score (nSPS) is 28.6. The zero-order chi connectivity index (χ0) is 15.2. The Morgan fingerprint density at radius 1 is 1.40 bits per heavy atom. The highest BCUT2D eigenvalue weighted by atomic mass is 16.5. The van der Waals surface area contributed by atoms with Crippen LogP contribution in [0.4, 0.5) is 0 Å². The number of nitriles is 1. The Balaban J connectivity index is 2.29. The van der Waals surface area contributed by atoms with E-state index in [1.807, 2.05) is 13.8 Å². The molecule has 3 heteroatoms. The maximum absolute atomic E-state index is 9.21. The predicted octanol–water partition coefficient (Wildman–Crippen LogP) is 3.89. The minimum absolute atomic E-state index is 0.404. The van der Waals surface area contributed by atoms with Crippen LogP contribution in [-0.4, -0.2) is 24.8 Å². The van der Waals surface area contributed by atoms with Gasteiger partial charge >= 0.3 is 0 Å². The van der Waals surface area contributed by atoms with Crippen LogP contribution < -0.4 is 5.32 Å². The largest absolute Gasteiger partial charge is 0.378 e. The van der Waals surface area contributed by atoms with Crippen molar-refractivity contribution in [3.8, 4) is 6.07 Å². The molecular weight excluding hydrogens is 248 g/mol. The van der Waals surface area contributed by atoms with E-state index in [1.54, 1.807) is 0 Å². The predicted molar refractivity (Wildman–Crippen MR) is 83.5 cm³/mol. The van der Waals surface area contributed by atoms with Gasteiger partial charge in [0.1, 0.15) is 5.54 Å². The van der Waals surface area contributed by atoms with Gasteiger partial charge in [0.05, 0.1) is 12.2 Å². The van der Waals surface area contributed by atoms with Gasteiger partial charge in [0.2, 0.25) is 0 Å². The first kappa shape index (κ1) is 17.5. The highest BCUT2D eigenvalue weighted by Gasteiger charge is 2.32. The number of rotatable bonds is 7. The zero-order valence-electron chi connectivity index (χ0n) is 14.0. The lowest BCUT2D eigenvalue weighted by atomic mass is 9.71. The van der Waals surface area contributed by atoms with Crippen molar-refractivity contribution in [1.82, 2.24) is 5.32 Å². The number of hydrogen-bond acceptors (Lipinski definition) is 3. The monoisotopic (exact) mass is 280 g/mol. The Labute approximate surface area is 125 Å². The molecule has 0 amide bonds. The third-order valence-corrected chi connectivity index (χ3v) is 4.33. The molecule has 0 aromatic heterocycles. The molecule has 0 radical (unpaired) electrons. The minimum Gasteiger partial charge on any atom is -0.378 e. The van der Waals surface area contributed by atoms with E-state index in [4.69, 9.17) is 4.74 Å². The van der Waals surface area contributed by atoms with Gasteiger partial charge in [-0.1, -0.05) is 27.7 Å². The fraction of sp³-hybridized carbons (Fsp3) is 0.941. The molecule has 3 nitrogen and oxygen atoms in total. The van der Waals surface area contributed by atoms with Gasteiger partial charge < -0.3 is 4.74 Å². The molecular formula is C17H32N2O. The van der Waals surface area contributed by atoms with Gasteiger partial charge in [-0.2, -0.15) is 5.26 Å². The van der Waals surface area contributed by atoms with E-state index in [2.05, 4.69) is 32.2 Å². The Bertz CT molecular complexity index is 334. The second kappa shape index (κ2) is 7.43. The summed E-state index contributed by atoms with van der Waals surface area (Å²) in [5.41, 5.74) is 0.00447. The van der Waals surface area contributed by atoms with Crippen molar-refractivity contribution in [3.05, 3.63) is 0 Å². The fourth-order valence-corrected chi connectivity index (χ4v) is 3.64. The second-order valence-corrected chi connectivity index (χ2v) is 7.48. The van der Waals surface area contributed by atoms with Gasteiger partial charge in [0, 0.05) is 6.61 Å². The summed E-state index contributed by atoms with van der Waals surface area (Å²) >= 11 is 0. The summed E-state index contributed by atoms with van der Waals surface area (Å²) in [4.78, 5) is 0. The number of nitrogens with zero attached hydrogens (tertiary/aromatic N) is 1. The molecule has 1 aliphatic carbocycles. The molecule has 3 atom stereocenters. The summed E-state index contributed by atoms with van der Waals surface area (Å²) in [6.07, 6.45) is 5.86. The van der Waals surface area contributed by atoms with Gasteiger partial charge in [0.15, 0.2) is 0 Å². The topological polar surface area (TPSA) is 45.0 Å². The standard InChI is InChI=1S/C17H32N2O/c1-6-19-17(5,13-18)8-7-9-20-15-10-14(2)11-16(3,4)12-15/h14-15,19H,6-12H2,1-5H3. The van der Waals surface area contributed by atoms with Crippen molar-refractivity contribution >= 4 is 0 Å². The molecule has 0 saturated heterocycles. The van der Waals surface area contributed by atoms with E-state index < -0.39 is 5.54 Å². The lowest BCUT2D eigenvalue weighted by molar-refractivity contribution is -0.0248. The van der Waals surface area contributed by atoms with Crippen molar-refractivity contribution < 1.29 is 4.74 Å². The van der Waals surface area contributed by atoms with Gasteiger partial charge in [-0.15, -0.1) is 0 Å². The van der Waals surface area contributed by atoms with Crippen LogP contribution >= 0.6 is 0 Å². The molecule has 3 unspecified atom stereocenters. The van der Waals surface area contributed by atoms with Gasteiger partial charge in [0.25, 0.3) is 0 Å². The second-order valence-electron chi connectivity index (χ2n) is 7.48. The number of hydrogen-bond donors (Lipinski definition) is 1. The summed E-state index contributed by atoms with van der Waals surface area (Å²) in [7, 11) is 0. The Hall–Kier alpha value is -0.590. The quantitative estimate of drug-likeness (QED) is 0.720. The molecule has 0 heterocycles. The van der Waals surface area contributed by atoms with Crippen molar-refractivity contribution in [1.29, 1.82) is 5.26 Å². The van der Waals surface area contributed by atoms with Gasteiger partial charge in [-0.25, -0.2) is 0 Å². The van der Waals surface area contributed by atoms with Crippen LogP contribution in [0.5, 0.6) is 0 Å². The van der Waals surface area contributed by atoms with E-state index in [0.29, 0.717) is 11.5 Å².